The molecule has 0 spiro atoms. The molecule has 0 radical (unpaired) electrons. The first-order chi connectivity index (χ1) is 14.7. The van der Waals surface area contributed by atoms with Crippen molar-refractivity contribution in [2.75, 3.05) is 18.5 Å². The van der Waals surface area contributed by atoms with E-state index in [2.05, 4.69) is 34.9 Å². The van der Waals surface area contributed by atoms with Crippen LogP contribution < -0.4 is 15.4 Å². The van der Waals surface area contributed by atoms with Crippen LogP contribution in [0.3, 0.4) is 0 Å². The lowest BCUT2D eigenvalue weighted by Gasteiger charge is -2.25. The molecule has 1 aliphatic rings. The van der Waals surface area contributed by atoms with Crippen LogP contribution in [0.2, 0.25) is 0 Å². The minimum absolute atomic E-state index is 0.0794. The van der Waals surface area contributed by atoms with Gasteiger partial charge in [0.25, 0.3) is 11.8 Å². The zero-order valence-electron chi connectivity index (χ0n) is 16.6. The van der Waals surface area contributed by atoms with E-state index in [1.54, 1.807) is 36.4 Å². The Kier molecular flexibility index (Phi) is 6.13. The maximum atomic E-state index is 12.3. The van der Waals surface area contributed by atoms with Crippen LogP contribution in [0, 0.1) is 0 Å². The van der Waals surface area contributed by atoms with Gasteiger partial charge in [-0.1, -0.05) is 30.3 Å². The smallest absolute Gasteiger partial charge is 0.291 e. The molecule has 154 valence electrons. The van der Waals surface area contributed by atoms with Crippen molar-refractivity contribution in [1.82, 2.24) is 5.32 Å². The lowest BCUT2D eigenvalue weighted by Crippen LogP contribution is -2.33. The van der Waals surface area contributed by atoms with Crippen LogP contribution in [0.4, 0.5) is 5.69 Å². The van der Waals surface area contributed by atoms with Crippen LogP contribution in [0.25, 0.3) is 0 Å². The fourth-order valence-corrected chi connectivity index (χ4v) is 3.77. The third kappa shape index (κ3) is 4.89. The van der Waals surface area contributed by atoms with E-state index in [1.807, 2.05) is 0 Å². The summed E-state index contributed by atoms with van der Waals surface area (Å²) in [5.41, 5.74) is 3.28. The first-order valence-electron chi connectivity index (χ1n) is 10.1. The van der Waals surface area contributed by atoms with Crippen molar-refractivity contribution in [3.63, 3.8) is 0 Å². The summed E-state index contributed by atoms with van der Waals surface area (Å²) in [6.45, 7) is 0.530. The SMILES string of the molecule is O=C(COc1cccc(NC(=O)c2ccco2)c1)NCC1CCCc2ccccc21. The van der Waals surface area contributed by atoms with E-state index in [0.717, 1.165) is 19.3 Å². The Morgan fingerprint density at radius 2 is 1.97 bits per heavy atom. The van der Waals surface area contributed by atoms with Crippen LogP contribution >= 0.6 is 0 Å². The molecule has 6 heteroatoms. The largest absolute Gasteiger partial charge is 0.484 e. The van der Waals surface area contributed by atoms with E-state index in [1.165, 1.54) is 17.4 Å². The second-order valence-corrected chi connectivity index (χ2v) is 7.34. The minimum atomic E-state index is -0.345. The van der Waals surface area contributed by atoms with Gasteiger partial charge in [0, 0.05) is 24.2 Å². The Bertz CT molecular complexity index is 1010. The van der Waals surface area contributed by atoms with E-state index in [4.69, 9.17) is 9.15 Å². The molecular formula is C24H24N2O4. The Hall–Kier alpha value is -3.54. The fraction of sp³-hybridized carbons (Fsp3) is 0.250. The third-order valence-electron chi connectivity index (χ3n) is 5.25. The number of hydrogen-bond acceptors (Lipinski definition) is 4. The number of nitrogens with one attached hydrogen (secondary N) is 2. The highest BCUT2D eigenvalue weighted by Crippen LogP contribution is 2.30. The summed E-state index contributed by atoms with van der Waals surface area (Å²) >= 11 is 0. The zero-order chi connectivity index (χ0) is 20.8. The highest BCUT2D eigenvalue weighted by atomic mass is 16.5. The minimum Gasteiger partial charge on any atom is -0.484 e. The van der Waals surface area contributed by atoms with Crippen LogP contribution in [-0.2, 0) is 11.2 Å². The molecule has 0 saturated heterocycles. The predicted octanol–water partition coefficient (Wildman–Crippen LogP) is 4.15. The molecule has 1 atom stereocenters. The van der Waals surface area contributed by atoms with Gasteiger partial charge in [-0.3, -0.25) is 9.59 Å². The molecule has 0 fully saturated rings. The number of carbonyl (C=O) groups excluding carboxylic acids is 2. The van der Waals surface area contributed by atoms with Crippen LogP contribution in [0.1, 0.15) is 40.4 Å². The van der Waals surface area contributed by atoms with Crippen molar-refractivity contribution in [3.05, 3.63) is 83.8 Å². The molecule has 4 rings (SSSR count). The molecule has 0 bridgehead atoms. The summed E-state index contributed by atoms with van der Waals surface area (Å²) < 4.78 is 10.7. The number of anilines is 1. The standard InChI is InChI=1S/C24H24N2O4/c27-23(25-15-18-8-3-7-17-6-1-2-11-21(17)18)16-30-20-10-4-9-19(14-20)26-24(28)22-12-5-13-29-22/h1-2,4-6,9-14,18H,3,7-8,15-16H2,(H,25,27)(H,26,28). The maximum Gasteiger partial charge on any atom is 0.291 e. The van der Waals surface area contributed by atoms with Crippen molar-refractivity contribution in [3.8, 4) is 5.75 Å². The summed E-state index contributed by atoms with van der Waals surface area (Å²) in [4.78, 5) is 24.3. The average molecular weight is 404 g/mol. The lowest BCUT2D eigenvalue weighted by atomic mass is 9.83. The zero-order valence-corrected chi connectivity index (χ0v) is 16.6. The number of furan rings is 1. The number of carbonyl (C=O) groups is 2. The Morgan fingerprint density at radius 3 is 2.83 bits per heavy atom. The van der Waals surface area contributed by atoms with E-state index < -0.39 is 0 Å². The number of hydrogen-bond donors (Lipinski definition) is 2. The molecule has 2 N–H and O–H groups in total. The summed E-state index contributed by atoms with van der Waals surface area (Å²) in [7, 11) is 0. The number of amides is 2. The van der Waals surface area contributed by atoms with Crippen molar-refractivity contribution in [1.29, 1.82) is 0 Å². The number of aryl methyl sites for hydroxylation is 1. The molecule has 1 aliphatic carbocycles. The molecule has 0 saturated carbocycles. The van der Waals surface area contributed by atoms with Crippen LogP contribution in [0.5, 0.6) is 5.75 Å². The molecule has 2 aromatic carbocycles. The molecule has 0 aliphatic heterocycles. The first kappa shape index (κ1) is 19.8. The molecule has 6 nitrogen and oxygen atoms in total. The summed E-state index contributed by atoms with van der Waals surface area (Å²) in [6.07, 6.45) is 4.77. The van der Waals surface area contributed by atoms with Crippen LogP contribution in [0.15, 0.2) is 71.3 Å². The third-order valence-corrected chi connectivity index (χ3v) is 5.25. The number of ether oxygens (including phenoxy) is 1. The van der Waals surface area contributed by atoms with Gasteiger partial charge in [-0.15, -0.1) is 0 Å². The quantitative estimate of drug-likeness (QED) is 0.620. The summed E-state index contributed by atoms with van der Waals surface area (Å²) in [5.74, 6) is 0.570. The molecule has 1 aromatic heterocycles. The van der Waals surface area contributed by atoms with E-state index in [0.29, 0.717) is 23.9 Å². The Balaban J connectivity index is 1.27. The number of fused-ring (bicyclic) bond motifs is 1. The van der Waals surface area contributed by atoms with Crippen molar-refractivity contribution in [2.45, 2.75) is 25.2 Å². The molecule has 1 heterocycles. The highest BCUT2D eigenvalue weighted by Gasteiger charge is 2.20. The summed E-state index contributed by atoms with van der Waals surface area (Å²) in [6, 6.07) is 18.6. The second kappa shape index (κ2) is 9.31. The summed E-state index contributed by atoms with van der Waals surface area (Å²) in [5, 5.41) is 5.72. The van der Waals surface area contributed by atoms with Gasteiger partial charge in [0.2, 0.25) is 0 Å². The molecular weight excluding hydrogens is 380 g/mol. The average Bonchev–Trinajstić information content (AvgIpc) is 3.32. The van der Waals surface area contributed by atoms with E-state index in [-0.39, 0.29) is 24.2 Å². The molecule has 30 heavy (non-hydrogen) atoms. The second-order valence-electron chi connectivity index (χ2n) is 7.34. The highest BCUT2D eigenvalue weighted by molar-refractivity contribution is 6.02. The fourth-order valence-electron chi connectivity index (χ4n) is 3.77. The van der Waals surface area contributed by atoms with Gasteiger partial charge < -0.3 is 19.8 Å². The molecule has 3 aromatic rings. The van der Waals surface area contributed by atoms with Crippen molar-refractivity contribution in [2.24, 2.45) is 0 Å². The van der Waals surface area contributed by atoms with Gasteiger partial charge in [-0.2, -0.15) is 0 Å². The van der Waals surface area contributed by atoms with Gasteiger partial charge in [0.1, 0.15) is 5.75 Å². The first-order valence-corrected chi connectivity index (χ1v) is 10.1. The van der Waals surface area contributed by atoms with Gasteiger partial charge in [0.05, 0.1) is 6.26 Å². The van der Waals surface area contributed by atoms with Crippen LogP contribution in [-0.4, -0.2) is 25.0 Å². The van der Waals surface area contributed by atoms with Gasteiger partial charge in [0.15, 0.2) is 12.4 Å². The number of benzene rings is 2. The lowest BCUT2D eigenvalue weighted by molar-refractivity contribution is -0.123. The monoisotopic (exact) mass is 404 g/mol. The molecule has 1 unspecified atom stereocenters. The Labute approximate surface area is 175 Å². The Morgan fingerprint density at radius 1 is 1.07 bits per heavy atom. The van der Waals surface area contributed by atoms with Gasteiger partial charge in [-0.05, 0) is 54.7 Å². The van der Waals surface area contributed by atoms with Gasteiger partial charge >= 0.3 is 0 Å². The van der Waals surface area contributed by atoms with Crippen molar-refractivity contribution >= 4 is 17.5 Å². The topological polar surface area (TPSA) is 80.6 Å². The number of rotatable bonds is 7. The van der Waals surface area contributed by atoms with Crippen molar-refractivity contribution < 1.29 is 18.7 Å². The maximum absolute atomic E-state index is 12.3. The van der Waals surface area contributed by atoms with E-state index >= 15 is 0 Å². The van der Waals surface area contributed by atoms with Gasteiger partial charge in [-0.25, -0.2) is 0 Å². The normalized spacial score (nSPS) is 15.1. The predicted molar refractivity (Wildman–Crippen MR) is 114 cm³/mol. The van der Waals surface area contributed by atoms with E-state index in [9.17, 15) is 9.59 Å². The molecule has 2 amide bonds.